The summed E-state index contributed by atoms with van der Waals surface area (Å²) in [7, 11) is 1.54. The summed E-state index contributed by atoms with van der Waals surface area (Å²) in [6.07, 6.45) is 2.84. The fourth-order valence-corrected chi connectivity index (χ4v) is 2.70. The van der Waals surface area contributed by atoms with Crippen molar-refractivity contribution in [2.24, 2.45) is 5.41 Å². The van der Waals surface area contributed by atoms with E-state index < -0.39 is 17.2 Å². The molecule has 4 nitrogen and oxygen atoms in total. The highest BCUT2D eigenvalue weighted by Crippen LogP contribution is 2.55. The van der Waals surface area contributed by atoms with Gasteiger partial charge in [-0.2, -0.15) is 0 Å². The number of ether oxygens (including phenoxy) is 2. The van der Waals surface area contributed by atoms with Gasteiger partial charge in [0.15, 0.2) is 5.79 Å². The quantitative estimate of drug-likeness (QED) is 0.699. The summed E-state index contributed by atoms with van der Waals surface area (Å²) >= 11 is 0. The van der Waals surface area contributed by atoms with Gasteiger partial charge in [0.25, 0.3) is 0 Å². The highest BCUT2D eigenvalue weighted by molar-refractivity contribution is 5.77. The molecule has 0 radical (unpaired) electrons. The number of carbonyl (C=O) groups is 1. The molecule has 1 aliphatic carbocycles. The molecule has 0 amide bonds. The minimum atomic E-state index is -0.834. The number of fused-ring (bicyclic) bond motifs is 1. The van der Waals surface area contributed by atoms with Crippen molar-refractivity contribution in [2.75, 3.05) is 13.7 Å². The van der Waals surface area contributed by atoms with Gasteiger partial charge in [0.1, 0.15) is 5.41 Å². The second-order valence-corrected chi connectivity index (χ2v) is 3.80. The van der Waals surface area contributed by atoms with Gasteiger partial charge < -0.3 is 14.6 Å². The molecule has 1 N–H and O–H groups in total. The van der Waals surface area contributed by atoms with Crippen molar-refractivity contribution in [3.63, 3.8) is 0 Å². The van der Waals surface area contributed by atoms with Crippen molar-refractivity contribution in [1.29, 1.82) is 0 Å². The Morgan fingerprint density at radius 3 is 2.77 bits per heavy atom. The van der Waals surface area contributed by atoms with Crippen LogP contribution in [0.2, 0.25) is 0 Å². The Labute approximate surface area is 76.8 Å². The molecule has 1 saturated carbocycles. The van der Waals surface area contributed by atoms with Gasteiger partial charge in [-0.25, -0.2) is 0 Å². The van der Waals surface area contributed by atoms with E-state index in [1.807, 2.05) is 0 Å². The molecule has 0 aromatic heterocycles. The highest BCUT2D eigenvalue weighted by Gasteiger charge is 2.64. The molecule has 2 aliphatic rings. The maximum Gasteiger partial charge on any atom is 0.315 e. The van der Waals surface area contributed by atoms with Gasteiger partial charge in [-0.05, 0) is 19.3 Å². The third-order valence-corrected chi connectivity index (χ3v) is 3.44. The monoisotopic (exact) mass is 186 g/mol. The van der Waals surface area contributed by atoms with Crippen LogP contribution in [0.25, 0.3) is 0 Å². The van der Waals surface area contributed by atoms with Crippen LogP contribution < -0.4 is 0 Å². The Balaban J connectivity index is 2.39. The van der Waals surface area contributed by atoms with E-state index in [2.05, 4.69) is 0 Å². The number of aliphatic carboxylic acids is 1. The van der Waals surface area contributed by atoms with E-state index in [4.69, 9.17) is 9.47 Å². The molecule has 2 atom stereocenters. The molecule has 1 heterocycles. The predicted octanol–water partition coefficient (Wildman–Crippen LogP) is 1.00. The molecule has 1 aliphatic heterocycles. The second kappa shape index (κ2) is 2.69. The maximum absolute atomic E-state index is 11.2. The van der Waals surface area contributed by atoms with Crippen molar-refractivity contribution >= 4 is 5.97 Å². The fraction of sp³-hybridized carbons (Fsp3) is 0.889. The normalized spacial score (nSPS) is 43.5. The molecule has 0 spiro atoms. The van der Waals surface area contributed by atoms with Crippen LogP contribution in [0.3, 0.4) is 0 Å². The lowest BCUT2D eigenvalue weighted by molar-refractivity contribution is -0.235. The van der Waals surface area contributed by atoms with E-state index in [9.17, 15) is 9.90 Å². The lowest BCUT2D eigenvalue weighted by Crippen LogP contribution is -2.47. The van der Waals surface area contributed by atoms with Crippen molar-refractivity contribution < 1.29 is 19.4 Å². The first kappa shape index (κ1) is 8.97. The van der Waals surface area contributed by atoms with Gasteiger partial charge in [-0.3, -0.25) is 4.79 Å². The Morgan fingerprint density at radius 1 is 1.46 bits per heavy atom. The molecule has 0 unspecified atom stereocenters. The molecule has 1 saturated heterocycles. The van der Waals surface area contributed by atoms with Gasteiger partial charge in [0, 0.05) is 13.5 Å². The summed E-state index contributed by atoms with van der Waals surface area (Å²) in [5, 5.41) is 9.21. The molecule has 74 valence electrons. The van der Waals surface area contributed by atoms with Gasteiger partial charge in [-0.1, -0.05) is 0 Å². The largest absolute Gasteiger partial charge is 0.481 e. The average molecular weight is 186 g/mol. The molecule has 0 aromatic rings. The number of methoxy groups -OCH3 is 1. The summed E-state index contributed by atoms with van der Waals surface area (Å²) < 4.78 is 10.8. The van der Waals surface area contributed by atoms with Gasteiger partial charge in [-0.15, -0.1) is 0 Å². The van der Waals surface area contributed by atoms with E-state index >= 15 is 0 Å². The van der Waals surface area contributed by atoms with Crippen LogP contribution in [0.15, 0.2) is 0 Å². The number of carboxylic acids is 1. The first-order chi connectivity index (χ1) is 6.17. The Hall–Kier alpha value is -0.610. The molecule has 0 bridgehead atoms. The topological polar surface area (TPSA) is 55.8 Å². The molecule has 0 aromatic carbocycles. The van der Waals surface area contributed by atoms with Gasteiger partial charge in [0.2, 0.25) is 0 Å². The Kier molecular flexibility index (Phi) is 1.85. The van der Waals surface area contributed by atoms with Crippen molar-refractivity contribution in [3.05, 3.63) is 0 Å². The smallest absolute Gasteiger partial charge is 0.315 e. The van der Waals surface area contributed by atoms with Crippen LogP contribution in [-0.2, 0) is 14.3 Å². The first-order valence-corrected chi connectivity index (χ1v) is 4.59. The number of hydrogen-bond acceptors (Lipinski definition) is 3. The summed E-state index contributed by atoms with van der Waals surface area (Å²) in [4.78, 5) is 11.2. The van der Waals surface area contributed by atoms with E-state index in [1.165, 1.54) is 7.11 Å². The Bertz CT molecular complexity index is 226. The third-order valence-electron chi connectivity index (χ3n) is 3.44. The Morgan fingerprint density at radius 2 is 2.23 bits per heavy atom. The van der Waals surface area contributed by atoms with Gasteiger partial charge in [0.05, 0.1) is 6.61 Å². The molecule has 2 fully saturated rings. The van der Waals surface area contributed by atoms with Crippen molar-refractivity contribution in [3.8, 4) is 0 Å². The van der Waals surface area contributed by atoms with Crippen LogP contribution in [0, 0.1) is 5.41 Å². The lowest BCUT2D eigenvalue weighted by atomic mass is 9.80. The zero-order valence-electron chi connectivity index (χ0n) is 7.71. The summed E-state index contributed by atoms with van der Waals surface area (Å²) in [5.41, 5.74) is -0.776. The van der Waals surface area contributed by atoms with Crippen LogP contribution in [0.1, 0.15) is 25.7 Å². The van der Waals surface area contributed by atoms with Crippen LogP contribution in [0.5, 0.6) is 0 Å². The van der Waals surface area contributed by atoms with E-state index in [1.54, 1.807) is 0 Å². The van der Waals surface area contributed by atoms with E-state index in [0.717, 1.165) is 6.42 Å². The number of carboxylic acid groups (broad SMARTS) is 1. The zero-order valence-corrected chi connectivity index (χ0v) is 7.71. The molecular formula is C9H14O4. The summed E-state index contributed by atoms with van der Waals surface area (Å²) in [6.45, 7) is 0.500. The van der Waals surface area contributed by atoms with Gasteiger partial charge >= 0.3 is 5.97 Å². The average Bonchev–Trinajstić information content (AvgIpc) is 2.57. The first-order valence-electron chi connectivity index (χ1n) is 4.59. The maximum atomic E-state index is 11.2. The standard InChI is InChI=1S/C9H14O4/c1-12-9-4-2-3-8(9,7(10)11)5-6-13-9/h2-6H2,1H3,(H,10,11)/t8-,9-/m0/s1. The molecule has 4 heteroatoms. The van der Waals surface area contributed by atoms with Crippen molar-refractivity contribution in [2.45, 2.75) is 31.5 Å². The molecule has 13 heavy (non-hydrogen) atoms. The minimum Gasteiger partial charge on any atom is -0.481 e. The summed E-state index contributed by atoms with van der Waals surface area (Å²) in [5.74, 6) is -1.61. The second-order valence-electron chi connectivity index (χ2n) is 3.80. The third kappa shape index (κ3) is 0.901. The minimum absolute atomic E-state index is 0.500. The summed E-state index contributed by atoms with van der Waals surface area (Å²) in [6, 6.07) is 0. The van der Waals surface area contributed by atoms with E-state index in [0.29, 0.717) is 25.9 Å². The predicted molar refractivity (Wildman–Crippen MR) is 44.2 cm³/mol. The van der Waals surface area contributed by atoms with Crippen LogP contribution in [-0.4, -0.2) is 30.6 Å². The highest BCUT2D eigenvalue weighted by atomic mass is 16.7. The zero-order chi connectivity index (χ0) is 9.53. The number of rotatable bonds is 2. The number of hydrogen-bond donors (Lipinski definition) is 1. The fourth-order valence-electron chi connectivity index (χ4n) is 2.70. The molecular weight excluding hydrogens is 172 g/mol. The SMILES string of the molecule is CO[C@]12CCC[C@@]1(C(=O)O)CCO2. The van der Waals surface area contributed by atoms with Crippen LogP contribution in [0.4, 0.5) is 0 Å². The van der Waals surface area contributed by atoms with Crippen LogP contribution >= 0.6 is 0 Å². The van der Waals surface area contributed by atoms with E-state index in [-0.39, 0.29) is 0 Å². The lowest BCUT2D eigenvalue weighted by Gasteiger charge is -2.33. The molecule has 2 rings (SSSR count). The van der Waals surface area contributed by atoms with Crippen molar-refractivity contribution in [1.82, 2.24) is 0 Å².